The van der Waals surface area contributed by atoms with Crippen LogP contribution in [0.25, 0.3) is 66.1 Å². The van der Waals surface area contributed by atoms with Gasteiger partial charge in [0.1, 0.15) is 33.8 Å². The van der Waals surface area contributed by atoms with Crippen molar-refractivity contribution in [1.82, 2.24) is 0 Å². The van der Waals surface area contributed by atoms with Gasteiger partial charge in [0.15, 0.2) is 7.28 Å². The first-order valence-electron chi connectivity index (χ1n) is 27.1. The molecule has 1 radical (unpaired) electrons. The summed E-state index contributed by atoms with van der Waals surface area (Å²) in [5, 5.41) is 8.57. The maximum atomic E-state index is 7.29. The van der Waals surface area contributed by atoms with Crippen LogP contribution in [0.4, 0.5) is 39.8 Å². The number of ether oxygens (including phenoxy) is 1. The predicted octanol–water partition coefficient (Wildman–Crippen LogP) is 12.8. The van der Waals surface area contributed by atoms with E-state index in [1.807, 2.05) is 12.1 Å². The van der Waals surface area contributed by atoms with Crippen molar-refractivity contribution in [1.29, 1.82) is 0 Å². The van der Waals surface area contributed by atoms with Gasteiger partial charge in [-0.2, -0.15) is 0 Å². The Morgan fingerprint density at radius 2 is 1.09 bits per heavy atom. The van der Waals surface area contributed by atoms with Crippen molar-refractivity contribution in [3.05, 3.63) is 223 Å². The van der Waals surface area contributed by atoms with Crippen LogP contribution in [-0.2, 0) is 0 Å². The van der Waals surface area contributed by atoms with E-state index in [9.17, 15) is 0 Å². The van der Waals surface area contributed by atoms with E-state index in [1.54, 1.807) is 11.9 Å². The Morgan fingerprint density at radius 3 is 1.84 bits per heavy atom. The van der Waals surface area contributed by atoms with Crippen molar-refractivity contribution in [3.63, 3.8) is 0 Å². The molecule has 0 bridgehead atoms. The minimum Gasteiger partial charge on any atom is -0.458 e. The summed E-state index contributed by atoms with van der Waals surface area (Å²) in [4.78, 5) is 2.46. The molecule has 11 aromatic carbocycles. The average Bonchev–Trinajstić information content (AvgIpc) is 4.09. The van der Waals surface area contributed by atoms with Crippen LogP contribution in [0.1, 0.15) is 11.1 Å². The number of nitrogens with one attached hydrogen (secondary N) is 1. The van der Waals surface area contributed by atoms with E-state index in [4.69, 9.17) is 13.6 Å². The van der Waals surface area contributed by atoms with Crippen molar-refractivity contribution in [2.75, 3.05) is 20.8 Å². The third-order valence-corrected chi connectivity index (χ3v) is 17.9. The molecule has 13 aromatic rings. The van der Waals surface area contributed by atoms with Crippen molar-refractivity contribution in [2.45, 2.75) is 13.8 Å². The fourth-order valence-corrected chi connectivity index (χ4v) is 14.3. The van der Waals surface area contributed by atoms with E-state index >= 15 is 0 Å². The molecule has 0 amide bonds. The van der Waals surface area contributed by atoms with Gasteiger partial charge >= 0.3 is 0 Å². The normalized spacial score (nSPS) is 13.4. The molecule has 0 atom stereocenters. The number of benzene rings is 11. The zero-order valence-electron chi connectivity index (χ0n) is 43.5. The smallest absolute Gasteiger partial charge is 0.256 e. The molecule has 0 saturated heterocycles. The standard InChI is InChI=1S/C69H45B3N3O3S/c1-39-17-7-10-26-50(39)70-51-36-55-64(31-40(51)2)76-65-35-42(45-23-16-25-49-47-21-9-14-30-63(47)78-69(45)49)34-61-67(65)72(55)54-37-53-56(38-59(54)75(61)79-3)73-57-32-41(44-22-15-24-48-46-20-8-13-29-62(46)77-68(44)48)33-60-66(57)71(53)52-27-11-12-28-58(52)74(60)43-18-5-4-6-19-43/h4-38,73H,1-3H3. The van der Waals surface area contributed by atoms with Crippen LogP contribution in [0.15, 0.2) is 221 Å². The molecule has 17 rings (SSSR count). The molecule has 0 saturated carbocycles. The molecule has 1 N–H and O–H groups in total. The summed E-state index contributed by atoms with van der Waals surface area (Å²) in [6.07, 6.45) is 2.19. The fourth-order valence-electron chi connectivity index (χ4n) is 13.6. The Kier molecular flexibility index (Phi) is 9.58. The summed E-state index contributed by atoms with van der Waals surface area (Å²) in [6.45, 7) is 4.16. The summed E-state index contributed by atoms with van der Waals surface area (Å²) >= 11 is 1.73. The van der Waals surface area contributed by atoms with Crippen LogP contribution in [0.5, 0.6) is 11.5 Å². The second kappa shape index (κ2) is 16.9. The van der Waals surface area contributed by atoms with Crippen LogP contribution in [-0.4, -0.2) is 27.0 Å². The molecule has 369 valence electrons. The fraction of sp³-hybridized carbons (Fsp3) is 0.0435. The second-order valence-corrected chi connectivity index (χ2v) is 22.2. The van der Waals surface area contributed by atoms with Gasteiger partial charge in [-0.15, -0.1) is 0 Å². The number of hydrogen-bond donors (Lipinski definition) is 1. The highest BCUT2D eigenvalue weighted by atomic mass is 32.2. The summed E-state index contributed by atoms with van der Waals surface area (Å²) in [5.41, 5.74) is 27.6. The van der Waals surface area contributed by atoms with Gasteiger partial charge in [-0.05, 0) is 136 Å². The second-order valence-electron chi connectivity index (χ2n) is 21.5. The van der Waals surface area contributed by atoms with Crippen LogP contribution < -0.4 is 63.0 Å². The van der Waals surface area contributed by atoms with E-state index in [1.165, 1.54) is 38.3 Å². The third kappa shape index (κ3) is 6.52. The van der Waals surface area contributed by atoms with E-state index < -0.39 is 0 Å². The number of nitrogens with zero attached hydrogens (tertiary/aromatic N) is 2. The van der Waals surface area contributed by atoms with Crippen LogP contribution in [0.2, 0.25) is 0 Å². The first-order valence-corrected chi connectivity index (χ1v) is 28.3. The van der Waals surface area contributed by atoms with E-state index in [2.05, 4.69) is 242 Å². The zero-order chi connectivity index (χ0) is 52.2. The van der Waals surface area contributed by atoms with Gasteiger partial charge in [0.05, 0.1) is 5.69 Å². The number of anilines is 7. The molecule has 6 nitrogen and oxygen atoms in total. The molecule has 4 aliphatic heterocycles. The van der Waals surface area contributed by atoms with E-state index in [0.717, 1.165) is 134 Å². The largest absolute Gasteiger partial charge is 0.458 e. The van der Waals surface area contributed by atoms with Crippen molar-refractivity contribution < 1.29 is 13.6 Å². The Morgan fingerprint density at radius 1 is 0.443 bits per heavy atom. The highest BCUT2D eigenvalue weighted by molar-refractivity contribution is 8.00. The Balaban J connectivity index is 0.909. The van der Waals surface area contributed by atoms with Crippen molar-refractivity contribution >= 4 is 160 Å². The van der Waals surface area contributed by atoms with E-state index in [0.29, 0.717) is 0 Å². The summed E-state index contributed by atoms with van der Waals surface area (Å²) in [5.74, 6) is 1.73. The number of fused-ring (bicyclic) bond motifs is 14. The zero-order valence-corrected chi connectivity index (χ0v) is 44.3. The number of hydrogen-bond acceptors (Lipinski definition) is 7. The van der Waals surface area contributed by atoms with Gasteiger partial charge < -0.3 is 23.8 Å². The van der Waals surface area contributed by atoms with Gasteiger partial charge in [0.2, 0.25) is 0 Å². The molecule has 0 spiro atoms. The average molecular weight is 1030 g/mol. The molecular weight excluding hydrogens is 983 g/mol. The van der Waals surface area contributed by atoms with Crippen molar-refractivity contribution in [3.8, 4) is 33.8 Å². The molecule has 0 aliphatic carbocycles. The lowest BCUT2D eigenvalue weighted by Crippen LogP contribution is -2.64. The molecule has 2 aromatic heterocycles. The number of para-hydroxylation sites is 6. The summed E-state index contributed by atoms with van der Waals surface area (Å²) in [7, 11) is 2.34. The molecular formula is C69H45B3N3O3S. The lowest BCUT2D eigenvalue weighted by molar-refractivity contribution is 0.487. The Bertz CT molecular complexity index is 4780. The lowest BCUT2D eigenvalue weighted by Gasteiger charge is -2.43. The van der Waals surface area contributed by atoms with Crippen LogP contribution in [0.3, 0.4) is 0 Å². The summed E-state index contributed by atoms with van der Waals surface area (Å²) in [6, 6.07) is 77.2. The molecule has 10 heteroatoms. The topological polar surface area (TPSA) is 54.0 Å². The molecule has 79 heavy (non-hydrogen) atoms. The van der Waals surface area contributed by atoms with Gasteiger partial charge in [-0.25, -0.2) is 0 Å². The van der Waals surface area contributed by atoms with Crippen LogP contribution >= 0.6 is 11.9 Å². The highest BCUT2D eigenvalue weighted by Gasteiger charge is 2.46. The van der Waals surface area contributed by atoms with Crippen molar-refractivity contribution in [2.24, 2.45) is 0 Å². The number of aryl methyl sites for hydroxylation is 2. The van der Waals surface area contributed by atoms with Gasteiger partial charge in [0, 0.05) is 73.1 Å². The van der Waals surface area contributed by atoms with Crippen LogP contribution in [0, 0.1) is 13.8 Å². The minimum atomic E-state index is -0.148. The number of furan rings is 2. The minimum absolute atomic E-state index is 0.0868. The Labute approximate surface area is 462 Å². The van der Waals surface area contributed by atoms with Gasteiger partial charge in [-0.1, -0.05) is 168 Å². The van der Waals surface area contributed by atoms with Gasteiger partial charge in [-0.3, -0.25) is 4.31 Å². The van der Waals surface area contributed by atoms with E-state index in [-0.39, 0.29) is 13.4 Å². The Hall–Kier alpha value is -9.24. The monoisotopic (exact) mass is 1030 g/mol. The number of rotatable bonds is 6. The SMILES string of the molecule is CSN1c2cc3c(cc2B2c4cc([B]c5ccccc5C)c(C)cc4Oc4cc(-c5cccc6c5oc5ccccc56)cc1c42)B1c2ccccc2N(c2ccccc2)c2cc(-c4cccc5c4oc4ccccc45)cc(c21)N3. The quantitative estimate of drug-likeness (QED) is 0.132. The third-order valence-electron chi connectivity index (χ3n) is 17.2. The lowest BCUT2D eigenvalue weighted by atomic mass is 9.30. The first-order chi connectivity index (χ1) is 38.9. The molecule has 0 fully saturated rings. The van der Waals surface area contributed by atoms with Gasteiger partial charge in [0.25, 0.3) is 13.4 Å². The molecule has 0 unspecified atom stereocenters. The maximum absolute atomic E-state index is 7.29. The maximum Gasteiger partial charge on any atom is 0.256 e. The summed E-state index contributed by atoms with van der Waals surface area (Å²) < 4.78 is 23.2. The first kappa shape index (κ1) is 44.8. The molecule has 4 aliphatic rings. The molecule has 6 heterocycles. The highest BCUT2D eigenvalue weighted by Crippen LogP contribution is 2.48. The predicted molar refractivity (Wildman–Crippen MR) is 335 cm³/mol.